The first-order valence-electron chi connectivity index (χ1n) is 9.45. The molecule has 8 heteroatoms. The molecule has 0 fully saturated rings. The molecule has 0 aliphatic carbocycles. The lowest BCUT2D eigenvalue weighted by molar-refractivity contribution is -0.117. The van der Waals surface area contributed by atoms with E-state index < -0.39 is 21.8 Å². The number of benzene rings is 1. The molecule has 1 rings (SSSR count). The fraction of sp³-hybridized carbons (Fsp3) is 0.364. The number of carbonyl (C=O) groups excluding carboxylic acids is 2. The van der Waals surface area contributed by atoms with Gasteiger partial charge in [0.15, 0.2) is 9.84 Å². The molecule has 0 spiro atoms. The van der Waals surface area contributed by atoms with E-state index in [1.54, 1.807) is 31.2 Å². The predicted octanol–water partition coefficient (Wildman–Crippen LogP) is 2.65. The van der Waals surface area contributed by atoms with E-state index in [4.69, 9.17) is 4.74 Å². The number of aliphatic hydroxyl groups excluding tert-OH is 1. The average molecular weight is 436 g/mol. The molecule has 0 aliphatic heterocycles. The van der Waals surface area contributed by atoms with Gasteiger partial charge in [0.05, 0.1) is 6.10 Å². The van der Waals surface area contributed by atoms with Gasteiger partial charge in [-0.2, -0.15) is 0 Å². The first-order valence-corrected chi connectivity index (χ1v) is 11.4. The van der Waals surface area contributed by atoms with Crippen LogP contribution in [0.5, 0.6) is 5.75 Å². The van der Waals surface area contributed by atoms with Crippen LogP contribution in [-0.2, 0) is 19.4 Å². The zero-order valence-electron chi connectivity index (χ0n) is 17.5. The van der Waals surface area contributed by atoms with Gasteiger partial charge in [-0.1, -0.05) is 23.8 Å². The van der Waals surface area contributed by atoms with Gasteiger partial charge in [0.25, 0.3) is 0 Å². The Morgan fingerprint density at radius 3 is 2.47 bits per heavy atom. The van der Waals surface area contributed by atoms with Crippen LogP contribution in [0.1, 0.15) is 38.4 Å². The molecule has 7 nitrogen and oxygen atoms in total. The first kappa shape index (κ1) is 25.3. The molecule has 0 radical (unpaired) electrons. The van der Waals surface area contributed by atoms with E-state index >= 15 is 0 Å². The van der Waals surface area contributed by atoms with Crippen molar-refractivity contribution in [3.63, 3.8) is 0 Å². The Bertz CT molecular complexity index is 898. The minimum Gasteiger partial charge on any atom is -0.490 e. The second-order valence-electron chi connectivity index (χ2n) is 6.93. The van der Waals surface area contributed by atoms with E-state index in [1.165, 1.54) is 0 Å². The Hall–Kier alpha value is -2.71. The van der Waals surface area contributed by atoms with Crippen molar-refractivity contribution in [1.82, 2.24) is 5.32 Å². The number of hydrogen-bond donors (Lipinski definition) is 2. The normalized spacial score (nSPS) is 13.9. The molecule has 0 heterocycles. The standard InChI is InChI=1S/C22H29NO6S/c1-17(5-4-6-18(2)16-24)11-13-29-20-9-7-19(8-10-20)21(25)15-23-22(26)12-14-30(3,27)28/h6-12,14,16,21,25H,4-5,13,15H2,1-3H3,(H,23,26)/b14-12+,17-11+,18-6+. The topological polar surface area (TPSA) is 110 Å². The zero-order valence-corrected chi connectivity index (χ0v) is 18.3. The molecule has 0 saturated heterocycles. The highest BCUT2D eigenvalue weighted by molar-refractivity contribution is 7.93. The highest BCUT2D eigenvalue weighted by Crippen LogP contribution is 2.18. The molecule has 1 atom stereocenters. The Morgan fingerprint density at radius 2 is 1.87 bits per heavy atom. The van der Waals surface area contributed by atoms with Crippen molar-refractivity contribution >= 4 is 22.0 Å². The van der Waals surface area contributed by atoms with E-state index in [0.717, 1.165) is 48.0 Å². The van der Waals surface area contributed by atoms with Crippen LogP contribution < -0.4 is 10.1 Å². The number of amides is 1. The lowest BCUT2D eigenvalue weighted by atomic mass is 10.1. The van der Waals surface area contributed by atoms with Gasteiger partial charge in [0.2, 0.25) is 5.91 Å². The van der Waals surface area contributed by atoms with E-state index in [1.807, 2.05) is 19.1 Å². The highest BCUT2D eigenvalue weighted by atomic mass is 32.2. The van der Waals surface area contributed by atoms with Crippen molar-refractivity contribution in [3.05, 3.63) is 64.6 Å². The van der Waals surface area contributed by atoms with Crippen LogP contribution in [-0.4, -0.2) is 45.1 Å². The van der Waals surface area contributed by atoms with Crippen LogP contribution in [0.25, 0.3) is 0 Å². The number of sulfone groups is 1. The lowest BCUT2D eigenvalue weighted by Crippen LogP contribution is -2.26. The maximum atomic E-state index is 11.5. The van der Waals surface area contributed by atoms with Crippen molar-refractivity contribution in [1.29, 1.82) is 0 Å². The molecule has 0 aliphatic rings. The fourth-order valence-corrected chi connectivity index (χ4v) is 2.67. The average Bonchev–Trinajstić information content (AvgIpc) is 2.70. The minimum atomic E-state index is -3.37. The van der Waals surface area contributed by atoms with Crippen LogP contribution in [0.2, 0.25) is 0 Å². The molecule has 0 aromatic heterocycles. The van der Waals surface area contributed by atoms with Crippen molar-refractivity contribution < 1.29 is 27.9 Å². The summed E-state index contributed by atoms with van der Waals surface area (Å²) in [6.45, 7) is 4.14. The highest BCUT2D eigenvalue weighted by Gasteiger charge is 2.09. The van der Waals surface area contributed by atoms with Gasteiger partial charge in [0.1, 0.15) is 18.6 Å². The number of rotatable bonds is 12. The first-order chi connectivity index (χ1) is 14.1. The molecule has 2 N–H and O–H groups in total. The summed E-state index contributed by atoms with van der Waals surface area (Å²) in [5, 5.41) is 13.4. The van der Waals surface area contributed by atoms with Gasteiger partial charge in [-0.25, -0.2) is 8.42 Å². The summed E-state index contributed by atoms with van der Waals surface area (Å²) in [5.74, 6) is 0.0465. The molecule has 164 valence electrons. The number of aliphatic hydroxyl groups is 1. The van der Waals surface area contributed by atoms with Crippen LogP contribution >= 0.6 is 0 Å². The van der Waals surface area contributed by atoms with Crippen molar-refractivity contribution in [2.45, 2.75) is 32.8 Å². The summed E-state index contributed by atoms with van der Waals surface area (Å²) in [4.78, 5) is 22.1. The molecule has 30 heavy (non-hydrogen) atoms. The predicted molar refractivity (Wildman–Crippen MR) is 117 cm³/mol. The molecule has 0 bridgehead atoms. The molecule has 1 aromatic rings. The smallest absolute Gasteiger partial charge is 0.244 e. The maximum Gasteiger partial charge on any atom is 0.244 e. The summed E-state index contributed by atoms with van der Waals surface area (Å²) >= 11 is 0. The van der Waals surface area contributed by atoms with E-state index in [9.17, 15) is 23.1 Å². The lowest BCUT2D eigenvalue weighted by Gasteiger charge is -2.12. The van der Waals surface area contributed by atoms with Crippen molar-refractivity contribution in [2.75, 3.05) is 19.4 Å². The van der Waals surface area contributed by atoms with E-state index in [0.29, 0.717) is 17.9 Å². The van der Waals surface area contributed by atoms with E-state index in [-0.39, 0.29) is 6.54 Å². The Balaban J connectivity index is 2.45. The summed E-state index contributed by atoms with van der Waals surface area (Å²) in [6.07, 6.45) is 7.35. The number of ether oxygens (including phenoxy) is 1. The van der Waals surface area contributed by atoms with E-state index in [2.05, 4.69) is 5.32 Å². The quantitative estimate of drug-likeness (QED) is 0.297. The number of allylic oxidation sites excluding steroid dienone is 3. The second kappa shape index (κ2) is 12.8. The molecule has 1 unspecified atom stereocenters. The minimum absolute atomic E-state index is 0.0485. The van der Waals surface area contributed by atoms with Crippen LogP contribution in [0.3, 0.4) is 0 Å². The summed E-state index contributed by atoms with van der Waals surface area (Å²) < 4.78 is 27.6. The van der Waals surface area contributed by atoms with Crippen molar-refractivity contribution in [3.8, 4) is 5.75 Å². The Kier molecular flexibility index (Phi) is 10.8. The fourth-order valence-electron chi connectivity index (χ4n) is 2.30. The van der Waals surface area contributed by atoms with Crippen LogP contribution in [0, 0.1) is 0 Å². The molecular formula is C22H29NO6S. The van der Waals surface area contributed by atoms with Crippen LogP contribution in [0.4, 0.5) is 0 Å². The van der Waals surface area contributed by atoms with Gasteiger partial charge in [-0.05, 0) is 56.0 Å². The van der Waals surface area contributed by atoms with Gasteiger partial charge < -0.3 is 15.2 Å². The SMILES string of the molecule is C/C(C=O)=C\CC/C(C)=C/COc1ccc(C(O)CNC(=O)/C=C/S(C)(=O)=O)cc1. The number of hydrogen-bond acceptors (Lipinski definition) is 6. The van der Waals surface area contributed by atoms with Gasteiger partial charge in [0, 0.05) is 24.3 Å². The zero-order chi connectivity index (χ0) is 22.6. The molecule has 0 saturated carbocycles. The number of nitrogens with one attached hydrogen (secondary N) is 1. The third-order valence-corrected chi connectivity index (χ3v) is 4.70. The third kappa shape index (κ3) is 11.3. The summed E-state index contributed by atoms with van der Waals surface area (Å²) in [6, 6.07) is 6.84. The monoisotopic (exact) mass is 435 g/mol. The second-order valence-corrected chi connectivity index (χ2v) is 8.86. The van der Waals surface area contributed by atoms with Gasteiger partial charge in [-0.15, -0.1) is 0 Å². The van der Waals surface area contributed by atoms with Gasteiger partial charge >= 0.3 is 0 Å². The number of carbonyl (C=O) groups is 2. The molecular weight excluding hydrogens is 406 g/mol. The third-order valence-electron chi connectivity index (χ3n) is 4.07. The van der Waals surface area contributed by atoms with Crippen molar-refractivity contribution in [2.24, 2.45) is 0 Å². The summed E-state index contributed by atoms with van der Waals surface area (Å²) in [7, 11) is -3.37. The Labute approximate surface area is 178 Å². The molecule has 1 aromatic carbocycles. The maximum absolute atomic E-state index is 11.5. The van der Waals surface area contributed by atoms with Crippen LogP contribution in [0.15, 0.2) is 59.0 Å². The number of aldehydes is 1. The molecule has 1 amide bonds. The Morgan fingerprint density at radius 1 is 1.20 bits per heavy atom. The largest absolute Gasteiger partial charge is 0.490 e. The summed E-state index contributed by atoms with van der Waals surface area (Å²) in [5.41, 5.74) is 2.49. The van der Waals surface area contributed by atoms with Gasteiger partial charge in [-0.3, -0.25) is 9.59 Å².